The second-order valence-corrected chi connectivity index (χ2v) is 5.94. The molecule has 1 aliphatic heterocycles. The number of carboxylic acids is 1. The Bertz CT molecular complexity index is 400. The summed E-state index contributed by atoms with van der Waals surface area (Å²) in [7, 11) is 0. The van der Waals surface area contributed by atoms with Gasteiger partial charge in [-0.05, 0) is 26.2 Å². The summed E-state index contributed by atoms with van der Waals surface area (Å²) in [5.74, 6) is -1.19. The van der Waals surface area contributed by atoms with Crippen LogP contribution in [0.4, 0.5) is 4.79 Å². The van der Waals surface area contributed by atoms with Gasteiger partial charge in [-0.1, -0.05) is 6.92 Å². The number of carbonyl (C=O) groups excluding carboxylic acids is 1. The highest BCUT2D eigenvalue weighted by molar-refractivity contribution is 5.76. The lowest BCUT2D eigenvalue weighted by Crippen LogP contribution is -2.50. The molecule has 2 amide bonds. The van der Waals surface area contributed by atoms with Crippen molar-refractivity contribution in [2.75, 3.05) is 19.6 Å². The fraction of sp³-hybridized carbons (Fsp3) is 0.769. The first kappa shape index (κ1) is 15.3. The van der Waals surface area contributed by atoms with E-state index in [1.165, 1.54) is 4.90 Å². The minimum absolute atomic E-state index is 0.171. The fourth-order valence-corrected chi connectivity index (χ4v) is 2.14. The third-order valence-electron chi connectivity index (χ3n) is 3.28. The lowest BCUT2D eigenvalue weighted by atomic mass is 9.90. The molecule has 2 N–H and O–H groups in total. The van der Waals surface area contributed by atoms with Crippen molar-refractivity contribution >= 4 is 12.0 Å². The number of carboxylic acid groups (broad SMARTS) is 1. The molecule has 0 aromatic carbocycles. The van der Waals surface area contributed by atoms with Gasteiger partial charge in [-0.2, -0.15) is 5.26 Å². The summed E-state index contributed by atoms with van der Waals surface area (Å²) in [5.41, 5.74) is -0.622. The molecule has 1 heterocycles. The van der Waals surface area contributed by atoms with E-state index >= 15 is 0 Å². The first-order valence-corrected chi connectivity index (χ1v) is 6.42. The summed E-state index contributed by atoms with van der Waals surface area (Å²) >= 11 is 0. The molecule has 1 fully saturated rings. The van der Waals surface area contributed by atoms with E-state index in [4.69, 9.17) is 10.4 Å². The predicted molar refractivity (Wildman–Crippen MR) is 69.3 cm³/mol. The van der Waals surface area contributed by atoms with Crippen molar-refractivity contribution < 1.29 is 14.7 Å². The van der Waals surface area contributed by atoms with E-state index in [-0.39, 0.29) is 25.0 Å². The SMILES string of the molecule is CC1CC(C(=O)O)CN(C(=O)NCC(C)(C)C#N)C1. The molecule has 2 atom stereocenters. The Hall–Kier alpha value is -1.77. The van der Waals surface area contributed by atoms with Gasteiger partial charge in [0.15, 0.2) is 0 Å². The van der Waals surface area contributed by atoms with Crippen molar-refractivity contribution in [1.82, 2.24) is 10.2 Å². The first-order valence-electron chi connectivity index (χ1n) is 6.42. The molecule has 1 saturated heterocycles. The summed E-state index contributed by atoms with van der Waals surface area (Å²) in [6, 6.07) is 1.82. The molecular weight excluding hydrogens is 246 g/mol. The van der Waals surface area contributed by atoms with Gasteiger partial charge in [-0.3, -0.25) is 4.79 Å². The number of amides is 2. The van der Waals surface area contributed by atoms with Gasteiger partial charge in [-0.15, -0.1) is 0 Å². The average Bonchev–Trinajstić information content (AvgIpc) is 2.35. The van der Waals surface area contributed by atoms with Gasteiger partial charge >= 0.3 is 12.0 Å². The van der Waals surface area contributed by atoms with Crippen LogP contribution >= 0.6 is 0 Å². The molecular formula is C13H21N3O3. The van der Waals surface area contributed by atoms with Crippen LogP contribution in [0.1, 0.15) is 27.2 Å². The number of hydrogen-bond acceptors (Lipinski definition) is 3. The largest absolute Gasteiger partial charge is 0.481 e. The van der Waals surface area contributed by atoms with Crippen LogP contribution in [0.3, 0.4) is 0 Å². The number of carbonyl (C=O) groups is 2. The molecule has 6 nitrogen and oxygen atoms in total. The van der Waals surface area contributed by atoms with Gasteiger partial charge in [-0.25, -0.2) is 4.79 Å². The average molecular weight is 267 g/mol. The number of urea groups is 1. The summed E-state index contributed by atoms with van der Waals surface area (Å²) < 4.78 is 0. The van der Waals surface area contributed by atoms with Crippen molar-refractivity contribution in [3.63, 3.8) is 0 Å². The van der Waals surface area contributed by atoms with Crippen LogP contribution in [-0.4, -0.2) is 41.6 Å². The number of nitriles is 1. The topological polar surface area (TPSA) is 93.4 Å². The Morgan fingerprint density at radius 2 is 2.11 bits per heavy atom. The second kappa shape index (κ2) is 5.91. The number of rotatable bonds is 3. The zero-order valence-electron chi connectivity index (χ0n) is 11.6. The summed E-state index contributed by atoms with van der Waals surface area (Å²) in [5, 5.41) is 20.6. The van der Waals surface area contributed by atoms with Crippen LogP contribution in [0.15, 0.2) is 0 Å². The van der Waals surface area contributed by atoms with E-state index in [1.54, 1.807) is 13.8 Å². The Kier molecular flexibility index (Phi) is 4.76. The Labute approximate surface area is 113 Å². The Morgan fingerprint density at radius 3 is 2.63 bits per heavy atom. The van der Waals surface area contributed by atoms with Crippen LogP contribution in [0, 0.1) is 28.6 Å². The molecule has 6 heteroatoms. The number of hydrogen-bond donors (Lipinski definition) is 2. The monoisotopic (exact) mass is 267 g/mol. The van der Waals surface area contributed by atoms with Gasteiger partial charge in [0.25, 0.3) is 0 Å². The highest BCUT2D eigenvalue weighted by Crippen LogP contribution is 2.22. The van der Waals surface area contributed by atoms with Crippen molar-refractivity contribution in [1.29, 1.82) is 5.26 Å². The molecule has 1 rings (SSSR count). The standard InChI is InChI=1S/C13H21N3O3/c1-9-4-10(11(17)18)6-16(5-9)12(19)15-8-13(2,3)7-14/h9-10H,4-6,8H2,1-3H3,(H,15,19)(H,17,18). The third kappa shape index (κ3) is 4.43. The first-order chi connectivity index (χ1) is 8.75. The Morgan fingerprint density at radius 1 is 1.47 bits per heavy atom. The lowest BCUT2D eigenvalue weighted by molar-refractivity contribution is -0.143. The summed E-state index contributed by atoms with van der Waals surface area (Å²) in [6.07, 6.45) is 0.600. The van der Waals surface area contributed by atoms with E-state index < -0.39 is 17.3 Å². The van der Waals surface area contributed by atoms with E-state index in [2.05, 4.69) is 11.4 Å². The Balaban J connectivity index is 2.57. The van der Waals surface area contributed by atoms with Crippen molar-refractivity contribution in [3.05, 3.63) is 0 Å². The molecule has 0 spiro atoms. The quantitative estimate of drug-likeness (QED) is 0.805. The maximum Gasteiger partial charge on any atom is 0.317 e. The molecule has 106 valence electrons. The van der Waals surface area contributed by atoms with E-state index in [1.807, 2.05) is 6.92 Å². The zero-order valence-corrected chi connectivity index (χ0v) is 11.6. The molecule has 1 aliphatic rings. The van der Waals surface area contributed by atoms with E-state index in [0.717, 1.165) is 0 Å². The molecule has 0 aromatic rings. The molecule has 2 unspecified atom stereocenters. The summed E-state index contributed by atoms with van der Waals surface area (Å²) in [4.78, 5) is 24.5. The minimum Gasteiger partial charge on any atom is -0.481 e. The molecule has 0 saturated carbocycles. The molecule has 0 bridgehead atoms. The highest BCUT2D eigenvalue weighted by atomic mass is 16.4. The van der Waals surface area contributed by atoms with Crippen LogP contribution in [-0.2, 0) is 4.79 Å². The molecule has 0 radical (unpaired) electrons. The minimum atomic E-state index is -0.860. The van der Waals surface area contributed by atoms with Gasteiger partial charge in [0.05, 0.1) is 17.4 Å². The highest BCUT2D eigenvalue weighted by Gasteiger charge is 2.32. The van der Waals surface area contributed by atoms with Crippen LogP contribution in [0.2, 0.25) is 0 Å². The molecule has 0 aromatic heterocycles. The van der Waals surface area contributed by atoms with Gasteiger partial charge in [0.1, 0.15) is 0 Å². The lowest BCUT2D eigenvalue weighted by Gasteiger charge is -2.35. The maximum absolute atomic E-state index is 12.0. The van der Waals surface area contributed by atoms with Crippen molar-refractivity contribution in [3.8, 4) is 6.07 Å². The van der Waals surface area contributed by atoms with E-state index in [0.29, 0.717) is 13.0 Å². The maximum atomic E-state index is 12.0. The molecule has 19 heavy (non-hydrogen) atoms. The zero-order chi connectivity index (χ0) is 14.6. The van der Waals surface area contributed by atoms with Crippen LogP contribution in [0.25, 0.3) is 0 Å². The fourth-order valence-electron chi connectivity index (χ4n) is 2.14. The van der Waals surface area contributed by atoms with Gasteiger partial charge in [0.2, 0.25) is 0 Å². The smallest absolute Gasteiger partial charge is 0.317 e. The second-order valence-electron chi connectivity index (χ2n) is 5.94. The number of nitrogens with zero attached hydrogens (tertiary/aromatic N) is 2. The molecule has 0 aliphatic carbocycles. The van der Waals surface area contributed by atoms with Crippen LogP contribution < -0.4 is 5.32 Å². The van der Waals surface area contributed by atoms with Crippen molar-refractivity contribution in [2.45, 2.75) is 27.2 Å². The van der Waals surface area contributed by atoms with Gasteiger partial charge in [0, 0.05) is 19.6 Å². The van der Waals surface area contributed by atoms with E-state index in [9.17, 15) is 9.59 Å². The number of piperidine rings is 1. The number of aliphatic carboxylic acids is 1. The van der Waals surface area contributed by atoms with Crippen molar-refractivity contribution in [2.24, 2.45) is 17.3 Å². The van der Waals surface area contributed by atoms with Gasteiger partial charge < -0.3 is 15.3 Å². The normalized spacial score (nSPS) is 23.6. The van der Waals surface area contributed by atoms with Crippen LogP contribution in [0.5, 0.6) is 0 Å². The third-order valence-corrected chi connectivity index (χ3v) is 3.28. The summed E-state index contributed by atoms with van der Waals surface area (Å²) in [6.45, 7) is 6.47. The predicted octanol–water partition coefficient (Wildman–Crippen LogP) is 1.29. The number of nitrogens with one attached hydrogen (secondary N) is 1. The number of likely N-dealkylation sites (tertiary alicyclic amines) is 1.